The molecule has 0 aliphatic rings. The predicted octanol–water partition coefficient (Wildman–Crippen LogP) is 4.92. The third kappa shape index (κ3) is 5.65. The Morgan fingerprint density at radius 2 is 1.70 bits per heavy atom. The zero-order valence-electron chi connectivity index (χ0n) is 17.7. The normalized spacial score (nSPS) is 11.0. The molecule has 1 amide bonds. The van der Waals surface area contributed by atoms with Gasteiger partial charge in [-0.3, -0.25) is 9.10 Å². The maximum absolute atomic E-state index is 13.4. The highest BCUT2D eigenvalue weighted by atomic mass is 35.5. The second-order valence-electron chi connectivity index (χ2n) is 6.99. The van der Waals surface area contributed by atoms with Crippen molar-refractivity contribution in [1.82, 2.24) is 0 Å². The molecule has 0 bridgehead atoms. The molecule has 10 heteroatoms. The van der Waals surface area contributed by atoms with Crippen molar-refractivity contribution in [3.63, 3.8) is 0 Å². The van der Waals surface area contributed by atoms with Crippen LogP contribution >= 0.6 is 23.2 Å². The average Bonchev–Trinajstić information content (AvgIpc) is 2.80. The number of halogens is 2. The highest BCUT2D eigenvalue weighted by Gasteiger charge is 2.28. The van der Waals surface area contributed by atoms with E-state index in [1.54, 1.807) is 37.3 Å². The molecule has 172 valence electrons. The number of carbonyl (C=O) groups is 2. The summed E-state index contributed by atoms with van der Waals surface area (Å²) in [5, 5.41) is 3.06. The van der Waals surface area contributed by atoms with Crippen LogP contribution in [0.25, 0.3) is 0 Å². The van der Waals surface area contributed by atoms with Gasteiger partial charge in [-0.1, -0.05) is 47.5 Å². The van der Waals surface area contributed by atoms with E-state index in [0.717, 1.165) is 4.31 Å². The molecule has 0 fully saturated rings. The lowest BCUT2D eigenvalue weighted by Crippen LogP contribution is -2.38. The van der Waals surface area contributed by atoms with Crippen LogP contribution in [0.15, 0.2) is 71.6 Å². The largest absolute Gasteiger partial charge is 0.465 e. The minimum absolute atomic E-state index is 0.0166. The van der Waals surface area contributed by atoms with Crippen molar-refractivity contribution in [1.29, 1.82) is 0 Å². The summed E-state index contributed by atoms with van der Waals surface area (Å²) >= 11 is 12.3. The van der Waals surface area contributed by atoms with Crippen molar-refractivity contribution in [2.24, 2.45) is 0 Å². The Kier molecular flexibility index (Phi) is 7.63. The van der Waals surface area contributed by atoms with Crippen molar-refractivity contribution in [2.45, 2.75) is 11.8 Å². The molecule has 0 heterocycles. The zero-order valence-corrected chi connectivity index (χ0v) is 20.0. The number of nitrogens with one attached hydrogen (secondary N) is 1. The average molecular weight is 507 g/mol. The summed E-state index contributed by atoms with van der Waals surface area (Å²) in [6.07, 6.45) is 0. The second-order valence-corrected chi connectivity index (χ2v) is 9.70. The van der Waals surface area contributed by atoms with Gasteiger partial charge in [0.2, 0.25) is 5.91 Å². The van der Waals surface area contributed by atoms with Crippen LogP contribution in [0, 0.1) is 6.92 Å². The van der Waals surface area contributed by atoms with E-state index in [2.05, 4.69) is 10.1 Å². The molecule has 0 unspecified atom stereocenters. The van der Waals surface area contributed by atoms with E-state index in [9.17, 15) is 18.0 Å². The summed E-state index contributed by atoms with van der Waals surface area (Å²) in [4.78, 5) is 24.8. The van der Waals surface area contributed by atoms with Gasteiger partial charge in [-0.25, -0.2) is 13.2 Å². The Balaban J connectivity index is 1.99. The first kappa shape index (κ1) is 24.6. The summed E-state index contributed by atoms with van der Waals surface area (Å²) < 4.78 is 32.6. The fraction of sp³-hybridized carbons (Fsp3) is 0.130. The van der Waals surface area contributed by atoms with Crippen LogP contribution in [0.4, 0.5) is 11.4 Å². The summed E-state index contributed by atoms with van der Waals surface area (Å²) in [5.74, 6) is -1.28. The highest BCUT2D eigenvalue weighted by Crippen LogP contribution is 2.30. The number of hydrogen-bond acceptors (Lipinski definition) is 5. The van der Waals surface area contributed by atoms with Gasteiger partial charge in [0, 0.05) is 5.02 Å². The Morgan fingerprint density at radius 3 is 2.36 bits per heavy atom. The quantitative estimate of drug-likeness (QED) is 0.459. The number of anilines is 2. The summed E-state index contributed by atoms with van der Waals surface area (Å²) in [6, 6.07) is 16.8. The first-order valence-electron chi connectivity index (χ1n) is 9.65. The van der Waals surface area contributed by atoms with Gasteiger partial charge in [0.25, 0.3) is 10.0 Å². The summed E-state index contributed by atoms with van der Waals surface area (Å²) in [6.45, 7) is 1.16. The van der Waals surface area contributed by atoms with Gasteiger partial charge in [0.15, 0.2) is 0 Å². The molecule has 3 rings (SSSR count). The van der Waals surface area contributed by atoms with E-state index in [4.69, 9.17) is 23.2 Å². The second kappa shape index (κ2) is 10.2. The van der Waals surface area contributed by atoms with Crippen molar-refractivity contribution in [3.05, 3.63) is 87.9 Å². The van der Waals surface area contributed by atoms with Gasteiger partial charge in [0.05, 0.1) is 34.0 Å². The monoisotopic (exact) mass is 506 g/mol. The molecular formula is C23H20Cl2N2O5S. The predicted molar refractivity (Wildman–Crippen MR) is 129 cm³/mol. The molecule has 3 aromatic carbocycles. The molecule has 0 aromatic heterocycles. The molecular weight excluding hydrogens is 487 g/mol. The number of carbonyl (C=O) groups excluding carboxylic acids is 2. The van der Waals surface area contributed by atoms with Gasteiger partial charge in [-0.2, -0.15) is 0 Å². The maximum atomic E-state index is 13.4. The molecule has 3 aromatic rings. The Labute approximate surface area is 201 Å². The lowest BCUT2D eigenvalue weighted by molar-refractivity contribution is -0.114. The summed E-state index contributed by atoms with van der Waals surface area (Å²) in [7, 11) is -2.88. The number of sulfonamides is 1. The van der Waals surface area contributed by atoms with Crippen LogP contribution in [0.2, 0.25) is 10.0 Å². The van der Waals surface area contributed by atoms with Crippen LogP contribution in [0.1, 0.15) is 15.9 Å². The van der Waals surface area contributed by atoms with Crippen LogP contribution in [-0.4, -0.2) is 33.9 Å². The fourth-order valence-corrected chi connectivity index (χ4v) is 4.89. The fourth-order valence-electron chi connectivity index (χ4n) is 3.06. The van der Waals surface area contributed by atoms with Gasteiger partial charge in [-0.15, -0.1) is 0 Å². The summed E-state index contributed by atoms with van der Waals surface area (Å²) in [5.41, 5.74) is 1.19. The smallest absolute Gasteiger partial charge is 0.337 e. The lowest BCUT2D eigenvalue weighted by atomic mass is 10.2. The number of amides is 1. The van der Waals surface area contributed by atoms with E-state index in [-0.39, 0.29) is 26.9 Å². The Morgan fingerprint density at radius 1 is 1.00 bits per heavy atom. The van der Waals surface area contributed by atoms with Gasteiger partial charge < -0.3 is 10.1 Å². The van der Waals surface area contributed by atoms with E-state index in [0.29, 0.717) is 10.6 Å². The molecule has 7 nitrogen and oxygen atoms in total. The Hall–Kier alpha value is -3.07. The van der Waals surface area contributed by atoms with Crippen molar-refractivity contribution >= 4 is 56.5 Å². The number of nitrogens with zero attached hydrogens (tertiary/aromatic N) is 1. The number of rotatable bonds is 7. The zero-order chi connectivity index (χ0) is 24.2. The van der Waals surface area contributed by atoms with Gasteiger partial charge >= 0.3 is 5.97 Å². The number of benzene rings is 3. The first-order valence-corrected chi connectivity index (χ1v) is 11.8. The minimum Gasteiger partial charge on any atom is -0.465 e. The minimum atomic E-state index is -4.11. The van der Waals surface area contributed by atoms with Crippen LogP contribution in [-0.2, 0) is 19.6 Å². The molecule has 0 aliphatic carbocycles. The molecule has 0 aliphatic heterocycles. The SMILES string of the molecule is COC(=O)c1ccc(Cl)c(NC(=O)CN(c2cc(Cl)ccc2C)S(=O)(=O)c2ccccc2)c1. The number of ether oxygens (including phenoxy) is 1. The van der Waals surface area contributed by atoms with Gasteiger partial charge in [0.1, 0.15) is 6.54 Å². The molecule has 0 atom stereocenters. The molecule has 0 saturated carbocycles. The highest BCUT2D eigenvalue weighted by molar-refractivity contribution is 7.92. The molecule has 0 radical (unpaired) electrons. The lowest BCUT2D eigenvalue weighted by Gasteiger charge is -2.26. The van der Waals surface area contributed by atoms with Gasteiger partial charge in [-0.05, 0) is 55.0 Å². The van der Waals surface area contributed by atoms with Crippen LogP contribution < -0.4 is 9.62 Å². The maximum Gasteiger partial charge on any atom is 0.337 e. The van der Waals surface area contributed by atoms with Crippen molar-refractivity contribution < 1.29 is 22.7 Å². The van der Waals surface area contributed by atoms with E-state index >= 15 is 0 Å². The number of hydrogen-bond donors (Lipinski definition) is 1. The van der Waals surface area contributed by atoms with E-state index in [1.807, 2.05) is 0 Å². The Bertz CT molecular complexity index is 1300. The third-order valence-electron chi connectivity index (χ3n) is 4.72. The topological polar surface area (TPSA) is 92.8 Å². The number of aryl methyl sites for hydroxylation is 1. The molecule has 33 heavy (non-hydrogen) atoms. The molecule has 0 spiro atoms. The van der Waals surface area contributed by atoms with Crippen LogP contribution in [0.3, 0.4) is 0 Å². The van der Waals surface area contributed by atoms with Crippen molar-refractivity contribution in [3.8, 4) is 0 Å². The standard InChI is InChI=1S/C23H20Cl2N2O5S/c1-15-8-10-17(24)13-21(15)27(33(30,31)18-6-4-3-5-7-18)14-22(28)26-20-12-16(23(29)32-2)9-11-19(20)25/h3-13H,14H2,1-2H3,(H,26,28). The van der Waals surface area contributed by atoms with Crippen LogP contribution in [0.5, 0.6) is 0 Å². The first-order chi connectivity index (χ1) is 15.6. The molecule has 0 saturated heterocycles. The molecule has 1 N–H and O–H groups in total. The number of methoxy groups -OCH3 is 1. The van der Waals surface area contributed by atoms with E-state index in [1.165, 1.54) is 43.5 Å². The van der Waals surface area contributed by atoms with E-state index < -0.39 is 28.4 Å². The van der Waals surface area contributed by atoms with Crippen molar-refractivity contribution in [2.75, 3.05) is 23.3 Å². The third-order valence-corrected chi connectivity index (χ3v) is 7.06. The number of esters is 1.